The number of amides is 1. The number of carbonyl (C=O) groups is 1. The molecule has 0 saturated heterocycles. The van der Waals surface area contributed by atoms with E-state index in [1.54, 1.807) is 24.3 Å². The lowest BCUT2D eigenvalue weighted by Gasteiger charge is -2.16. The topological polar surface area (TPSA) is 85.4 Å². The van der Waals surface area contributed by atoms with Crippen LogP contribution in [0.4, 0.5) is 5.13 Å². The number of thiazole rings is 1. The van der Waals surface area contributed by atoms with Crippen molar-refractivity contribution in [2.45, 2.75) is 24.3 Å². The predicted octanol–water partition coefficient (Wildman–Crippen LogP) is 3.50. The average molecular weight is 390 g/mol. The maximum absolute atomic E-state index is 12.5. The summed E-state index contributed by atoms with van der Waals surface area (Å²) < 4.78 is 29.7. The largest absolute Gasteiger partial charge is 0.481 e. The van der Waals surface area contributed by atoms with E-state index in [9.17, 15) is 13.2 Å². The smallest absolute Gasteiger partial charge is 0.267 e. The highest BCUT2D eigenvalue weighted by molar-refractivity contribution is 7.90. The van der Waals surface area contributed by atoms with E-state index in [1.165, 1.54) is 17.4 Å². The predicted molar refractivity (Wildman–Crippen MR) is 103 cm³/mol. The maximum atomic E-state index is 12.5. The highest BCUT2D eigenvalue weighted by Gasteiger charge is 2.20. The van der Waals surface area contributed by atoms with Gasteiger partial charge in [-0.2, -0.15) is 0 Å². The van der Waals surface area contributed by atoms with Crippen molar-refractivity contribution < 1.29 is 17.9 Å². The fraction of sp³-hybridized carbons (Fsp3) is 0.222. The third kappa shape index (κ3) is 4.20. The van der Waals surface area contributed by atoms with E-state index in [2.05, 4.69) is 10.3 Å². The van der Waals surface area contributed by atoms with Gasteiger partial charge in [0, 0.05) is 6.26 Å². The number of para-hydroxylation sites is 1. The van der Waals surface area contributed by atoms with E-state index in [1.807, 2.05) is 25.1 Å². The van der Waals surface area contributed by atoms with E-state index in [0.717, 1.165) is 6.26 Å². The summed E-state index contributed by atoms with van der Waals surface area (Å²) in [5.74, 6) is 0.329. The number of nitrogens with one attached hydrogen (secondary N) is 1. The zero-order chi connectivity index (χ0) is 18.7. The molecule has 1 atom stereocenters. The molecule has 26 heavy (non-hydrogen) atoms. The molecule has 0 bridgehead atoms. The number of aromatic nitrogens is 1. The maximum Gasteiger partial charge on any atom is 0.267 e. The minimum absolute atomic E-state index is 0.227. The van der Waals surface area contributed by atoms with Crippen LogP contribution in [0.2, 0.25) is 0 Å². The lowest BCUT2D eigenvalue weighted by Crippen LogP contribution is -2.32. The number of benzene rings is 2. The second kappa shape index (κ2) is 7.43. The van der Waals surface area contributed by atoms with Gasteiger partial charge in [-0.1, -0.05) is 36.5 Å². The summed E-state index contributed by atoms with van der Waals surface area (Å²) in [7, 11) is -3.29. The Bertz CT molecular complexity index is 1030. The van der Waals surface area contributed by atoms with Crippen LogP contribution in [0.1, 0.15) is 13.3 Å². The Kier molecular flexibility index (Phi) is 5.24. The Balaban J connectivity index is 1.77. The second-order valence-corrected chi connectivity index (χ2v) is 8.78. The zero-order valence-electron chi connectivity index (χ0n) is 14.3. The van der Waals surface area contributed by atoms with Crippen molar-refractivity contribution >= 4 is 42.4 Å². The molecule has 0 radical (unpaired) electrons. The zero-order valence-corrected chi connectivity index (χ0v) is 15.9. The van der Waals surface area contributed by atoms with Gasteiger partial charge in [0.05, 0.1) is 15.1 Å². The van der Waals surface area contributed by atoms with Crippen LogP contribution in [0.25, 0.3) is 10.2 Å². The summed E-state index contributed by atoms with van der Waals surface area (Å²) in [5, 5.41) is 3.16. The number of carbonyl (C=O) groups excluding carboxylic acids is 1. The highest BCUT2D eigenvalue weighted by atomic mass is 32.2. The lowest BCUT2D eigenvalue weighted by atomic mass is 10.2. The fourth-order valence-corrected chi connectivity index (χ4v) is 3.99. The molecule has 1 heterocycles. The molecule has 0 aliphatic rings. The van der Waals surface area contributed by atoms with Gasteiger partial charge in [0.25, 0.3) is 5.91 Å². The standard InChI is InChI=1S/C18H18N2O4S2/c1-3-15(24-12-7-5-4-6-8-12)17(21)20-18-19-14-10-9-13(26(2,22)23)11-16(14)25-18/h4-11,15H,3H2,1-2H3,(H,19,20,21)/t15-/m0/s1. The van der Waals surface area contributed by atoms with Gasteiger partial charge >= 0.3 is 0 Å². The number of ether oxygens (including phenoxy) is 1. The molecule has 0 fully saturated rings. The van der Waals surface area contributed by atoms with Crippen LogP contribution >= 0.6 is 11.3 Å². The van der Waals surface area contributed by atoms with Gasteiger partial charge < -0.3 is 4.74 Å². The summed E-state index contributed by atoms with van der Waals surface area (Å²) in [6.45, 7) is 1.87. The van der Waals surface area contributed by atoms with Gasteiger partial charge in [0.2, 0.25) is 0 Å². The highest BCUT2D eigenvalue weighted by Crippen LogP contribution is 2.28. The fourth-order valence-electron chi connectivity index (χ4n) is 2.36. The molecule has 8 heteroatoms. The summed E-state index contributed by atoms with van der Waals surface area (Å²) >= 11 is 1.23. The first-order valence-electron chi connectivity index (χ1n) is 8.00. The lowest BCUT2D eigenvalue weighted by molar-refractivity contribution is -0.122. The van der Waals surface area contributed by atoms with Crippen LogP contribution in [-0.2, 0) is 14.6 Å². The van der Waals surface area contributed by atoms with Gasteiger partial charge in [-0.3, -0.25) is 10.1 Å². The number of hydrogen-bond acceptors (Lipinski definition) is 6. The average Bonchev–Trinajstić information content (AvgIpc) is 3.01. The molecule has 0 aliphatic heterocycles. The van der Waals surface area contributed by atoms with Gasteiger partial charge in [-0.15, -0.1) is 0 Å². The van der Waals surface area contributed by atoms with Crippen molar-refractivity contribution in [1.82, 2.24) is 4.98 Å². The monoisotopic (exact) mass is 390 g/mol. The minimum atomic E-state index is -3.29. The molecule has 3 aromatic rings. The van der Waals surface area contributed by atoms with E-state index >= 15 is 0 Å². The third-order valence-electron chi connectivity index (χ3n) is 3.70. The molecule has 0 saturated carbocycles. The Hall–Kier alpha value is -2.45. The van der Waals surface area contributed by atoms with E-state index in [0.29, 0.717) is 27.5 Å². The molecule has 0 spiro atoms. The molecular weight excluding hydrogens is 372 g/mol. The molecule has 0 unspecified atom stereocenters. The first-order valence-corrected chi connectivity index (χ1v) is 10.7. The van der Waals surface area contributed by atoms with Crippen molar-refractivity contribution in [2.24, 2.45) is 0 Å². The van der Waals surface area contributed by atoms with Crippen LogP contribution in [0.3, 0.4) is 0 Å². The van der Waals surface area contributed by atoms with E-state index in [-0.39, 0.29) is 10.8 Å². The third-order valence-corrected chi connectivity index (χ3v) is 5.75. The molecular formula is C18H18N2O4S2. The Morgan fingerprint density at radius 3 is 2.62 bits per heavy atom. The van der Waals surface area contributed by atoms with Gasteiger partial charge in [-0.05, 0) is 36.8 Å². The number of sulfone groups is 1. The molecule has 3 rings (SSSR count). The number of anilines is 1. The van der Waals surface area contributed by atoms with Crippen LogP contribution in [0.15, 0.2) is 53.4 Å². The van der Waals surface area contributed by atoms with Crippen LogP contribution < -0.4 is 10.1 Å². The van der Waals surface area contributed by atoms with Crippen LogP contribution in [0.5, 0.6) is 5.75 Å². The summed E-state index contributed by atoms with van der Waals surface area (Å²) in [6, 6.07) is 13.8. The van der Waals surface area contributed by atoms with E-state index < -0.39 is 15.9 Å². The summed E-state index contributed by atoms with van der Waals surface area (Å²) in [4.78, 5) is 17.0. The van der Waals surface area contributed by atoms with Crippen molar-refractivity contribution in [3.05, 3.63) is 48.5 Å². The SMILES string of the molecule is CC[C@H](Oc1ccccc1)C(=O)Nc1nc2ccc(S(C)(=O)=O)cc2s1. The molecule has 2 aromatic carbocycles. The molecule has 1 N–H and O–H groups in total. The van der Waals surface area contributed by atoms with E-state index in [4.69, 9.17) is 4.74 Å². The number of fused-ring (bicyclic) bond motifs is 1. The van der Waals surface area contributed by atoms with Crippen molar-refractivity contribution in [3.63, 3.8) is 0 Å². The molecule has 6 nitrogen and oxygen atoms in total. The first-order chi connectivity index (χ1) is 12.4. The van der Waals surface area contributed by atoms with Crippen molar-refractivity contribution in [3.8, 4) is 5.75 Å². The second-order valence-electron chi connectivity index (χ2n) is 5.74. The summed E-state index contributed by atoms with van der Waals surface area (Å²) in [5.41, 5.74) is 0.634. The number of nitrogens with zero attached hydrogens (tertiary/aromatic N) is 1. The number of hydrogen-bond donors (Lipinski definition) is 1. The normalized spacial score (nSPS) is 12.7. The number of rotatable bonds is 6. The Labute approximate surface area is 155 Å². The first kappa shape index (κ1) is 18.3. The Morgan fingerprint density at radius 2 is 1.96 bits per heavy atom. The molecule has 1 aromatic heterocycles. The quantitative estimate of drug-likeness (QED) is 0.696. The van der Waals surface area contributed by atoms with Crippen molar-refractivity contribution in [1.29, 1.82) is 0 Å². The molecule has 136 valence electrons. The summed E-state index contributed by atoms with van der Waals surface area (Å²) in [6.07, 6.45) is 1.02. The van der Waals surface area contributed by atoms with Gasteiger partial charge in [-0.25, -0.2) is 13.4 Å². The van der Waals surface area contributed by atoms with Gasteiger partial charge in [0.15, 0.2) is 21.1 Å². The van der Waals surface area contributed by atoms with Crippen LogP contribution in [0, 0.1) is 0 Å². The minimum Gasteiger partial charge on any atom is -0.481 e. The Morgan fingerprint density at radius 1 is 1.23 bits per heavy atom. The molecule has 1 amide bonds. The molecule has 0 aliphatic carbocycles. The van der Waals surface area contributed by atoms with Crippen molar-refractivity contribution in [2.75, 3.05) is 11.6 Å². The van der Waals surface area contributed by atoms with Gasteiger partial charge in [0.1, 0.15) is 5.75 Å². The van der Waals surface area contributed by atoms with Crippen LogP contribution in [-0.4, -0.2) is 31.7 Å².